The number of halogens is 3. The van der Waals surface area contributed by atoms with Crippen molar-refractivity contribution in [2.45, 2.75) is 25.3 Å². The number of benzene rings is 2. The molecule has 0 radical (unpaired) electrons. The van der Waals surface area contributed by atoms with E-state index >= 15 is 0 Å². The average molecular weight is 455 g/mol. The van der Waals surface area contributed by atoms with Gasteiger partial charge in [-0.25, -0.2) is 13.8 Å². The highest BCUT2D eigenvalue weighted by Crippen LogP contribution is 2.37. The van der Waals surface area contributed by atoms with Crippen molar-refractivity contribution in [3.8, 4) is 22.5 Å². The number of hydrogen-bond donors (Lipinski definition) is 1. The molecule has 4 aromatic rings. The topological polar surface area (TPSA) is 61.9 Å². The van der Waals surface area contributed by atoms with Crippen LogP contribution in [0.3, 0.4) is 0 Å². The first-order chi connectivity index (χ1) is 15.2. The molecule has 2 aromatic carbocycles. The molecule has 1 aliphatic rings. The van der Waals surface area contributed by atoms with E-state index in [2.05, 4.69) is 15.2 Å². The van der Waals surface area contributed by atoms with Crippen LogP contribution in [0.15, 0.2) is 60.7 Å². The summed E-state index contributed by atoms with van der Waals surface area (Å²) in [4.78, 5) is 17.6. The van der Waals surface area contributed by atoms with Gasteiger partial charge in [0.1, 0.15) is 5.69 Å². The van der Waals surface area contributed by atoms with Gasteiger partial charge in [-0.05, 0) is 24.5 Å². The van der Waals surface area contributed by atoms with E-state index in [-0.39, 0.29) is 24.0 Å². The van der Waals surface area contributed by atoms with Crippen LogP contribution in [0.5, 0.6) is 0 Å². The van der Waals surface area contributed by atoms with Crippen LogP contribution in [0, 0.1) is 0 Å². The number of aromatic nitrogens is 3. The van der Waals surface area contributed by atoms with Gasteiger partial charge in [0, 0.05) is 23.2 Å². The summed E-state index contributed by atoms with van der Waals surface area (Å²) in [5.41, 5.74) is 3.69. The minimum atomic E-state index is -2.66. The molecular weight excluding hydrogens is 434 g/mol. The Balaban J connectivity index is 0.00000245. The molecular formula is C24H21ClF2N4O. The van der Waals surface area contributed by atoms with Crippen molar-refractivity contribution in [3.05, 3.63) is 71.8 Å². The molecule has 3 heterocycles. The van der Waals surface area contributed by atoms with Crippen molar-refractivity contribution < 1.29 is 13.6 Å². The Morgan fingerprint density at radius 3 is 2.50 bits per heavy atom. The lowest BCUT2D eigenvalue weighted by Crippen LogP contribution is -2.20. The molecule has 1 amide bonds. The van der Waals surface area contributed by atoms with Crippen LogP contribution >= 0.6 is 12.4 Å². The fourth-order valence-electron chi connectivity index (χ4n) is 4.33. The lowest BCUT2D eigenvalue weighted by atomic mass is 9.99. The van der Waals surface area contributed by atoms with E-state index in [0.29, 0.717) is 22.4 Å². The number of alkyl halides is 2. The van der Waals surface area contributed by atoms with Crippen LogP contribution in [0.4, 0.5) is 8.78 Å². The van der Waals surface area contributed by atoms with E-state index in [0.717, 1.165) is 42.5 Å². The first kappa shape index (κ1) is 21.9. The molecule has 1 N–H and O–H groups in total. The number of nitrogens with zero attached hydrogens (tertiary/aromatic N) is 3. The molecule has 0 spiro atoms. The number of carbonyl (C=O) groups is 1. The Morgan fingerprint density at radius 2 is 1.81 bits per heavy atom. The Labute approximate surface area is 189 Å². The van der Waals surface area contributed by atoms with Gasteiger partial charge < -0.3 is 4.90 Å². The van der Waals surface area contributed by atoms with E-state index in [9.17, 15) is 13.6 Å². The summed E-state index contributed by atoms with van der Waals surface area (Å²) >= 11 is 0. The number of likely N-dealkylation sites (tertiary alicyclic amines) is 1. The molecule has 1 unspecified atom stereocenters. The standard InChI is InChI=1S/C24H20F2N4O.ClH/c25-23(26)18-13-19(15-8-10-16(11-9-15)20-7-4-12-30(20)14-31)27-24-21(18)22(28-29-24)17-5-2-1-3-6-17;/h1-3,5-6,8-11,13-14,20,23H,4,7,12H2,(H,27,28,29);1H. The fraction of sp³-hybridized carbons (Fsp3) is 0.208. The number of aromatic amines is 1. The SMILES string of the molecule is Cl.O=CN1CCCC1c1ccc(-c2cc(C(F)F)c3c(-c4ccccc4)n[nH]c3n2)cc1. The highest BCUT2D eigenvalue weighted by atomic mass is 35.5. The van der Waals surface area contributed by atoms with Crippen molar-refractivity contribution in [2.24, 2.45) is 0 Å². The molecule has 5 nitrogen and oxygen atoms in total. The first-order valence-electron chi connectivity index (χ1n) is 10.2. The smallest absolute Gasteiger partial charge is 0.264 e. The van der Waals surface area contributed by atoms with E-state index in [1.54, 1.807) is 4.90 Å². The van der Waals surface area contributed by atoms with Crippen LogP contribution in [0.1, 0.15) is 36.4 Å². The maximum atomic E-state index is 14.0. The summed E-state index contributed by atoms with van der Waals surface area (Å²) in [7, 11) is 0. The third-order valence-corrected chi connectivity index (χ3v) is 5.86. The van der Waals surface area contributed by atoms with Crippen molar-refractivity contribution >= 4 is 29.9 Å². The monoisotopic (exact) mass is 454 g/mol. The summed E-state index contributed by atoms with van der Waals surface area (Å²) in [6.45, 7) is 0.759. The predicted octanol–water partition coefficient (Wildman–Crippen LogP) is 5.94. The largest absolute Gasteiger partial charge is 0.338 e. The summed E-state index contributed by atoms with van der Waals surface area (Å²) in [6.07, 6.45) is 0.125. The lowest BCUT2D eigenvalue weighted by molar-refractivity contribution is -0.118. The average Bonchev–Trinajstić information content (AvgIpc) is 3.46. The summed E-state index contributed by atoms with van der Waals surface area (Å²) < 4.78 is 28.0. The molecule has 1 saturated heterocycles. The molecule has 5 rings (SSSR count). The normalized spacial score (nSPS) is 15.8. The summed E-state index contributed by atoms with van der Waals surface area (Å²) in [5, 5.41) is 7.43. The molecule has 0 bridgehead atoms. The van der Waals surface area contributed by atoms with Gasteiger partial charge in [0.25, 0.3) is 6.43 Å². The second-order valence-electron chi connectivity index (χ2n) is 7.68. The van der Waals surface area contributed by atoms with E-state index < -0.39 is 6.43 Å². The van der Waals surface area contributed by atoms with Crippen LogP contribution in [0.25, 0.3) is 33.5 Å². The number of carbonyl (C=O) groups excluding carboxylic acids is 1. The van der Waals surface area contributed by atoms with Gasteiger partial charge in [0.2, 0.25) is 6.41 Å². The second-order valence-corrected chi connectivity index (χ2v) is 7.68. The minimum Gasteiger partial charge on any atom is -0.338 e. The third-order valence-electron chi connectivity index (χ3n) is 5.86. The van der Waals surface area contributed by atoms with E-state index in [1.165, 1.54) is 6.07 Å². The van der Waals surface area contributed by atoms with Crippen LogP contribution in [-0.4, -0.2) is 33.0 Å². The molecule has 0 aliphatic carbocycles. The lowest BCUT2D eigenvalue weighted by Gasteiger charge is -2.20. The first-order valence-corrected chi connectivity index (χ1v) is 10.2. The summed E-state index contributed by atoms with van der Waals surface area (Å²) in [6, 6.07) is 18.4. The number of nitrogens with one attached hydrogen (secondary N) is 1. The number of fused-ring (bicyclic) bond motifs is 1. The van der Waals surface area contributed by atoms with Gasteiger partial charge in [-0.2, -0.15) is 5.10 Å². The molecule has 1 fully saturated rings. The number of pyridine rings is 1. The highest BCUT2D eigenvalue weighted by Gasteiger charge is 2.25. The van der Waals surface area contributed by atoms with Gasteiger partial charge in [0.15, 0.2) is 5.65 Å². The van der Waals surface area contributed by atoms with Crippen molar-refractivity contribution in [1.82, 2.24) is 20.1 Å². The minimum absolute atomic E-state index is 0. The van der Waals surface area contributed by atoms with Gasteiger partial charge in [-0.15, -0.1) is 12.4 Å². The Bertz CT molecular complexity index is 1230. The van der Waals surface area contributed by atoms with E-state index in [1.807, 2.05) is 54.6 Å². The van der Waals surface area contributed by atoms with Crippen LogP contribution < -0.4 is 0 Å². The van der Waals surface area contributed by atoms with Crippen molar-refractivity contribution in [1.29, 1.82) is 0 Å². The number of rotatable bonds is 5. The fourth-order valence-corrected chi connectivity index (χ4v) is 4.33. The Kier molecular flexibility index (Phi) is 6.19. The highest BCUT2D eigenvalue weighted by molar-refractivity contribution is 5.95. The van der Waals surface area contributed by atoms with Crippen LogP contribution in [-0.2, 0) is 4.79 Å². The second kappa shape index (κ2) is 9.04. The van der Waals surface area contributed by atoms with Gasteiger partial charge in [0.05, 0.1) is 17.1 Å². The molecule has 2 aromatic heterocycles. The van der Waals surface area contributed by atoms with Crippen molar-refractivity contribution in [3.63, 3.8) is 0 Å². The van der Waals surface area contributed by atoms with Gasteiger partial charge >= 0.3 is 0 Å². The quantitative estimate of drug-likeness (QED) is 0.379. The number of hydrogen-bond acceptors (Lipinski definition) is 3. The van der Waals surface area contributed by atoms with E-state index in [4.69, 9.17) is 0 Å². The molecule has 1 atom stereocenters. The number of amides is 1. The molecule has 1 aliphatic heterocycles. The maximum Gasteiger partial charge on any atom is 0.264 e. The molecule has 164 valence electrons. The zero-order valence-corrected chi connectivity index (χ0v) is 17.9. The van der Waals surface area contributed by atoms with Crippen molar-refractivity contribution in [2.75, 3.05) is 6.54 Å². The van der Waals surface area contributed by atoms with Gasteiger partial charge in [-0.1, -0.05) is 54.6 Å². The number of H-pyrrole nitrogens is 1. The van der Waals surface area contributed by atoms with Gasteiger partial charge in [-0.3, -0.25) is 9.89 Å². The predicted molar refractivity (Wildman–Crippen MR) is 122 cm³/mol. The summed E-state index contributed by atoms with van der Waals surface area (Å²) in [5.74, 6) is 0. The molecule has 32 heavy (non-hydrogen) atoms. The molecule has 0 saturated carbocycles. The zero-order chi connectivity index (χ0) is 21.4. The van der Waals surface area contributed by atoms with Crippen LogP contribution in [0.2, 0.25) is 0 Å². The maximum absolute atomic E-state index is 14.0. The zero-order valence-electron chi connectivity index (χ0n) is 17.0. The Hall–Kier alpha value is -3.32. The molecule has 8 heteroatoms. The Morgan fingerprint density at radius 1 is 1.06 bits per heavy atom. The third kappa shape index (κ3) is 3.84.